The highest BCUT2D eigenvalue weighted by Crippen LogP contribution is 2.50. The van der Waals surface area contributed by atoms with E-state index in [0.717, 1.165) is 33.0 Å². The summed E-state index contributed by atoms with van der Waals surface area (Å²) in [6.07, 6.45) is 0. The van der Waals surface area contributed by atoms with Crippen LogP contribution in [-0.2, 0) is 0 Å². The zero-order valence-electron chi connectivity index (χ0n) is 14.5. The molecule has 0 fully saturated rings. The second-order valence-corrected chi connectivity index (χ2v) is 7.35. The lowest BCUT2D eigenvalue weighted by atomic mass is 10.0. The summed E-state index contributed by atoms with van der Waals surface area (Å²) in [5.41, 5.74) is 5.60. The first-order valence-corrected chi connectivity index (χ1v) is 9.61. The summed E-state index contributed by atoms with van der Waals surface area (Å²) < 4.78 is 7.13. The van der Waals surface area contributed by atoms with Crippen LogP contribution < -0.4 is 9.64 Å². The van der Waals surface area contributed by atoms with Crippen LogP contribution in [0.4, 0.5) is 17.1 Å². The minimum absolute atomic E-state index is 0.843. The Kier molecular flexibility index (Phi) is 3.95. The topological polar surface area (TPSA) is 12.5 Å². The molecule has 4 aromatic carbocycles. The van der Waals surface area contributed by atoms with E-state index in [1.54, 1.807) is 0 Å². The van der Waals surface area contributed by atoms with Gasteiger partial charge in [0.15, 0.2) is 11.5 Å². The standard InChI is InChI=1S/C24H16BrNO/c25-19-12-15-22-24(16-19)27-23-9-5-4-8-21(23)26(22)20-13-10-18(11-14-20)17-6-2-1-3-7-17/h1-16H. The van der Waals surface area contributed by atoms with Gasteiger partial charge in [-0.3, -0.25) is 0 Å². The molecule has 0 atom stereocenters. The third kappa shape index (κ3) is 2.90. The zero-order valence-corrected chi connectivity index (χ0v) is 16.1. The molecule has 0 saturated carbocycles. The van der Waals surface area contributed by atoms with Crippen molar-refractivity contribution in [2.75, 3.05) is 4.90 Å². The van der Waals surface area contributed by atoms with E-state index >= 15 is 0 Å². The van der Waals surface area contributed by atoms with E-state index in [1.807, 2.05) is 36.4 Å². The van der Waals surface area contributed by atoms with Crippen LogP contribution in [0.25, 0.3) is 11.1 Å². The number of rotatable bonds is 2. The van der Waals surface area contributed by atoms with Gasteiger partial charge in [-0.25, -0.2) is 0 Å². The second-order valence-electron chi connectivity index (χ2n) is 6.43. The Labute approximate surface area is 166 Å². The van der Waals surface area contributed by atoms with Gasteiger partial charge >= 0.3 is 0 Å². The maximum atomic E-state index is 6.13. The first kappa shape index (κ1) is 16.2. The van der Waals surface area contributed by atoms with E-state index in [2.05, 4.69) is 81.5 Å². The molecule has 27 heavy (non-hydrogen) atoms. The molecule has 0 saturated heterocycles. The summed E-state index contributed by atoms with van der Waals surface area (Å²) in [5, 5.41) is 0. The Morgan fingerprint density at radius 2 is 1.26 bits per heavy atom. The number of benzene rings is 4. The van der Waals surface area contributed by atoms with Crippen molar-refractivity contribution in [3.05, 3.63) is 102 Å². The monoisotopic (exact) mass is 413 g/mol. The summed E-state index contributed by atoms with van der Waals surface area (Å²) in [6.45, 7) is 0. The molecular formula is C24H16BrNO. The van der Waals surface area contributed by atoms with Gasteiger partial charge in [0.2, 0.25) is 0 Å². The van der Waals surface area contributed by atoms with Gasteiger partial charge in [0.1, 0.15) is 0 Å². The molecule has 4 aromatic rings. The lowest BCUT2D eigenvalue weighted by Gasteiger charge is -2.33. The molecule has 0 unspecified atom stereocenters. The van der Waals surface area contributed by atoms with Gasteiger partial charge in [-0.1, -0.05) is 70.5 Å². The molecule has 1 aliphatic heterocycles. The minimum atomic E-state index is 0.843. The van der Waals surface area contributed by atoms with Crippen molar-refractivity contribution in [3.8, 4) is 22.6 Å². The number of ether oxygens (including phenoxy) is 1. The van der Waals surface area contributed by atoms with Crippen molar-refractivity contribution >= 4 is 33.0 Å². The van der Waals surface area contributed by atoms with Crippen LogP contribution in [0.5, 0.6) is 11.5 Å². The summed E-state index contributed by atoms with van der Waals surface area (Å²) in [5.74, 6) is 1.70. The fourth-order valence-corrected chi connectivity index (χ4v) is 3.78. The van der Waals surface area contributed by atoms with Crippen molar-refractivity contribution in [3.63, 3.8) is 0 Å². The molecule has 0 amide bonds. The van der Waals surface area contributed by atoms with Crippen molar-refractivity contribution < 1.29 is 4.74 Å². The van der Waals surface area contributed by atoms with Crippen molar-refractivity contribution in [2.24, 2.45) is 0 Å². The predicted octanol–water partition coefficient (Wildman–Crippen LogP) is 7.69. The average Bonchev–Trinajstić information content (AvgIpc) is 2.73. The molecular weight excluding hydrogens is 398 g/mol. The molecule has 0 N–H and O–H groups in total. The van der Waals surface area contributed by atoms with Crippen LogP contribution in [0.2, 0.25) is 0 Å². The third-order valence-electron chi connectivity index (χ3n) is 4.72. The van der Waals surface area contributed by atoms with Crippen LogP contribution in [0.1, 0.15) is 0 Å². The van der Waals surface area contributed by atoms with Crippen LogP contribution >= 0.6 is 15.9 Å². The fourth-order valence-electron chi connectivity index (χ4n) is 3.44. The number of fused-ring (bicyclic) bond motifs is 2. The number of hydrogen-bond donors (Lipinski definition) is 0. The molecule has 1 heterocycles. The van der Waals surface area contributed by atoms with E-state index in [1.165, 1.54) is 11.1 Å². The number of anilines is 3. The van der Waals surface area contributed by atoms with Crippen LogP contribution in [0.15, 0.2) is 102 Å². The normalized spacial score (nSPS) is 12.1. The minimum Gasteiger partial charge on any atom is -0.453 e. The van der Waals surface area contributed by atoms with Gasteiger partial charge in [0, 0.05) is 10.2 Å². The first-order chi connectivity index (χ1) is 13.3. The average molecular weight is 414 g/mol. The highest BCUT2D eigenvalue weighted by atomic mass is 79.9. The van der Waals surface area contributed by atoms with Crippen LogP contribution in [0, 0.1) is 0 Å². The predicted molar refractivity (Wildman–Crippen MR) is 114 cm³/mol. The van der Waals surface area contributed by atoms with Crippen LogP contribution in [-0.4, -0.2) is 0 Å². The Morgan fingerprint density at radius 1 is 0.593 bits per heavy atom. The van der Waals surface area contributed by atoms with Gasteiger partial charge in [-0.15, -0.1) is 0 Å². The van der Waals surface area contributed by atoms with E-state index in [4.69, 9.17) is 4.74 Å². The van der Waals surface area contributed by atoms with Crippen molar-refractivity contribution in [1.82, 2.24) is 0 Å². The molecule has 1 aliphatic rings. The summed E-state index contributed by atoms with van der Waals surface area (Å²) in [6, 6.07) is 33.4. The molecule has 3 heteroatoms. The lowest BCUT2D eigenvalue weighted by molar-refractivity contribution is 0.476. The number of para-hydroxylation sites is 2. The molecule has 2 nitrogen and oxygen atoms in total. The van der Waals surface area contributed by atoms with E-state index in [0.29, 0.717) is 0 Å². The maximum Gasteiger partial charge on any atom is 0.152 e. The number of hydrogen-bond acceptors (Lipinski definition) is 2. The molecule has 0 aliphatic carbocycles. The summed E-state index contributed by atoms with van der Waals surface area (Å²) in [4.78, 5) is 2.25. The van der Waals surface area contributed by atoms with Gasteiger partial charge in [-0.05, 0) is 53.6 Å². The second kappa shape index (κ2) is 6.60. The third-order valence-corrected chi connectivity index (χ3v) is 5.21. The summed E-state index contributed by atoms with van der Waals surface area (Å²) in [7, 11) is 0. The summed E-state index contributed by atoms with van der Waals surface area (Å²) >= 11 is 3.54. The molecule has 5 rings (SSSR count). The molecule has 0 spiro atoms. The zero-order chi connectivity index (χ0) is 18.2. The highest BCUT2D eigenvalue weighted by Gasteiger charge is 2.25. The number of halogens is 1. The van der Waals surface area contributed by atoms with Gasteiger partial charge in [-0.2, -0.15) is 0 Å². The van der Waals surface area contributed by atoms with Gasteiger partial charge in [0.05, 0.1) is 11.4 Å². The quantitative estimate of drug-likeness (QED) is 0.294. The largest absolute Gasteiger partial charge is 0.453 e. The molecule has 0 bridgehead atoms. The Bertz CT molecular complexity index is 1110. The Hall–Kier alpha value is -3.04. The maximum absolute atomic E-state index is 6.13. The molecule has 0 radical (unpaired) electrons. The Balaban J connectivity index is 1.62. The fraction of sp³-hybridized carbons (Fsp3) is 0. The first-order valence-electron chi connectivity index (χ1n) is 8.82. The molecule has 0 aromatic heterocycles. The van der Waals surface area contributed by atoms with Crippen molar-refractivity contribution in [2.45, 2.75) is 0 Å². The van der Waals surface area contributed by atoms with Crippen LogP contribution in [0.3, 0.4) is 0 Å². The van der Waals surface area contributed by atoms with Gasteiger partial charge in [0.25, 0.3) is 0 Å². The van der Waals surface area contributed by atoms with E-state index in [9.17, 15) is 0 Å². The van der Waals surface area contributed by atoms with Gasteiger partial charge < -0.3 is 9.64 Å². The molecule has 130 valence electrons. The van der Waals surface area contributed by atoms with E-state index < -0.39 is 0 Å². The highest BCUT2D eigenvalue weighted by molar-refractivity contribution is 9.10. The van der Waals surface area contributed by atoms with E-state index in [-0.39, 0.29) is 0 Å². The Morgan fingerprint density at radius 3 is 2.07 bits per heavy atom. The number of nitrogens with zero attached hydrogens (tertiary/aromatic N) is 1. The SMILES string of the molecule is Brc1ccc2c(c1)Oc1ccccc1N2c1ccc(-c2ccccc2)cc1. The lowest BCUT2D eigenvalue weighted by Crippen LogP contribution is -2.15. The van der Waals surface area contributed by atoms with Crippen molar-refractivity contribution in [1.29, 1.82) is 0 Å². The smallest absolute Gasteiger partial charge is 0.152 e.